The first-order valence-corrected chi connectivity index (χ1v) is 16.7. The summed E-state index contributed by atoms with van der Waals surface area (Å²) < 4.78 is 22.6. The molecule has 1 N–H and O–H groups in total. The average Bonchev–Trinajstić information content (AvgIpc) is 3.59. The second kappa shape index (κ2) is 16.8. The van der Waals surface area contributed by atoms with Crippen LogP contribution in [0.2, 0.25) is 0 Å². The molecule has 0 aliphatic carbocycles. The number of anilines is 1. The van der Waals surface area contributed by atoms with Gasteiger partial charge in [-0.3, -0.25) is 14.5 Å². The molecule has 1 amide bonds. The minimum absolute atomic E-state index is 0.00523. The van der Waals surface area contributed by atoms with E-state index in [4.69, 9.17) is 18.9 Å². The maximum absolute atomic E-state index is 13.7. The number of rotatable bonds is 17. The Kier molecular flexibility index (Phi) is 12.6. The van der Waals surface area contributed by atoms with E-state index >= 15 is 0 Å². The van der Waals surface area contributed by atoms with Gasteiger partial charge in [-0.05, 0) is 61.7 Å². The van der Waals surface area contributed by atoms with Crippen molar-refractivity contribution in [2.45, 2.75) is 65.3 Å². The molecule has 1 aromatic heterocycles. The van der Waals surface area contributed by atoms with Gasteiger partial charge in [0.15, 0.2) is 16.6 Å². The third kappa shape index (κ3) is 8.21. The van der Waals surface area contributed by atoms with Gasteiger partial charge in [-0.2, -0.15) is 0 Å². The third-order valence-electron chi connectivity index (χ3n) is 7.61. The number of ketones is 1. The Morgan fingerprint density at radius 3 is 2.40 bits per heavy atom. The van der Waals surface area contributed by atoms with Crippen molar-refractivity contribution >= 4 is 39.9 Å². The molecule has 0 spiro atoms. The highest BCUT2D eigenvalue weighted by Crippen LogP contribution is 2.45. The second-order valence-electron chi connectivity index (χ2n) is 11.0. The fraction of sp³-hybridized carbons (Fsp3) is 0.389. The number of Topliss-reactive ketones (excluding diaryl/α,β-unsaturated/α-hetero) is 1. The summed E-state index contributed by atoms with van der Waals surface area (Å²) in [6.45, 7) is 10.5. The molecule has 11 heteroatoms. The molecule has 1 saturated heterocycles. The summed E-state index contributed by atoms with van der Waals surface area (Å²) in [7, 11) is 1.51. The van der Waals surface area contributed by atoms with Gasteiger partial charge in [-0.25, -0.2) is 9.78 Å². The van der Waals surface area contributed by atoms with E-state index in [9.17, 15) is 19.5 Å². The van der Waals surface area contributed by atoms with E-state index in [2.05, 4.69) is 25.4 Å². The Morgan fingerprint density at radius 2 is 1.72 bits per heavy atom. The fourth-order valence-electron chi connectivity index (χ4n) is 5.10. The van der Waals surface area contributed by atoms with Crippen molar-refractivity contribution in [2.75, 3.05) is 31.8 Å². The van der Waals surface area contributed by atoms with Crippen molar-refractivity contribution in [3.63, 3.8) is 0 Å². The highest BCUT2D eigenvalue weighted by molar-refractivity contribution is 7.17. The zero-order valence-electron chi connectivity index (χ0n) is 27.4. The molecule has 1 fully saturated rings. The predicted molar refractivity (Wildman–Crippen MR) is 182 cm³/mol. The molecule has 2 heterocycles. The number of methoxy groups -OCH3 is 1. The molecule has 3 aromatic rings. The maximum atomic E-state index is 13.7. The molecular weight excluding hydrogens is 620 g/mol. The lowest BCUT2D eigenvalue weighted by Crippen LogP contribution is -2.29. The Hall–Kier alpha value is -4.64. The van der Waals surface area contributed by atoms with Gasteiger partial charge in [0, 0.05) is 5.56 Å². The number of thiazole rings is 1. The number of hydrogen-bond acceptors (Lipinski definition) is 10. The molecule has 250 valence electrons. The van der Waals surface area contributed by atoms with Crippen LogP contribution in [-0.4, -0.2) is 54.7 Å². The summed E-state index contributed by atoms with van der Waals surface area (Å²) >= 11 is 0.927. The number of aliphatic hydroxyl groups excluding tert-OH is 1. The normalized spacial score (nSPS) is 15.5. The van der Waals surface area contributed by atoms with Gasteiger partial charge < -0.3 is 24.1 Å². The van der Waals surface area contributed by atoms with Crippen LogP contribution in [0, 0.1) is 6.92 Å². The topological polar surface area (TPSA) is 124 Å². The standard InChI is InChI=1S/C36H42N2O8S/c1-6-9-11-12-21-45-27-18-15-25(22-28(27)43-5)30-29(31(39)24-13-16-26(17-14-24)44-20-10-7-2)32(40)34(41)38(30)36-37-23(4)33(47-36)35(42)46-19-8-3/h8,13-18,22,30,39H,3,6-7,9-12,19-21H2,1-2,4-5H3/t30-/m1/s1. The fourth-order valence-corrected chi connectivity index (χ4v) is 6.09. The van der Waals surface area contributed by atoms with E-state index in [1.54, 1.807) is 49.4 Å². The van der Waals surface area contributed by atoms with Crippen LogP contribution in [-0.2, 0) is 14.3 Å². The number of benzene rings is 2. The Morgan fingerprint density at radius 1 is 1.00 bits per heavy atom. The number of aliphatic hydroxyl groups is 1. The summed E-state index contributed by atoms with van der Waals surface area (Å²) in [5.41, 5.74) is 1.01. The molecule has 47 heavy (non-hydrogen) atoms. The van der Waals surface area contributed by atoms with Crippen molar-refractivity contribution in [2.24, 2.45) is 0 Å². The minimum Gasteiger partial charge on any atom is -0.507 e. The Balaban J connectivity index is 1.79. The van der Waals surface area contributed by atoms with E-state index in [1.165, 1.54) is 18.1 Å². The average molecular weight is 663 g/mol. The number of hydrogen-bond donors (Lipinski definition) is 1. The lowest BCUT2D eigenvalue weighted by Gasteiger charge is -2.24. The maximum Gasteiger partial charge on any atom is 0.350 e. The molecule has 1 aliphatic rings. The quantitative estimate of drug-likeness (QED) is 0.0389. The predicted octanol–water partition coefficient (Wildman–Crippen LogP) is 7.57. The smallest absolute Gasteiger partial charge is 0.350 e. The zero-order valence-corrected chi connectivity index (χ0v) is 28.2. The van der Waals surface area contributed by atoms with Crippen LogP contribution in [0.15, 0.2) is 60.7 Å². The van der Waals surface area contributed by atoms with Crippen LogP contribution in [0.5, 0.6) is 17.2 Å². The first-order valence-electron chi connectivity index (χ1n) is 15.9. The minimum atomic E-state index is -1.09. The van der Waals surface area contributed by atoms with Crippen molar-refractivity contribution in [1.82, 2.24) is 4.98 Å². The third-order valence-corrected chi connectivity index (χ3v) is 8.74. The monoisotopic (exact) mass is 662 g/mol. The highest BCUT2D eigenvalue weighted by Gasteiger charge is 2.48. The number of aryl methyl sites for hydroxylation is 1. The lowest BCUT2D eigenvalue weighted by molar-refractivity contribution is -0.132. The summed E-state index contributed by atoms with van der Waals surface area (Å²) in [4.78, 5) is 46.1. The van der Waals surface area contributed by atoms with Crippen molar-refractivity contribution in [3.05, 3.63) is 82.4 Å². The van der Waals surface area contributed by atoms with Crippen LogP contribution in [0.25, 0.3) is 5.76 Å². The van der Waals surface area contributed by atoms with Crippen LogP contribution < -0.4 is 19.1 Å². The second-order valence-corrected chi connectivity index (χ2v) is 12.0. The molecule has 1 atom stereocenters. The van der Waals surface area contributed by atoms with Gasteiger partial charge in [-0.1, -0.05) is 69.6 Å². The number of esters is 1. The lowest BCUT2D eigenvalue weighted by atomic mass is 9.95. The van der Waals surface area contributed by atoms with Crippen LogP contribution in [0.1, 0.15) is 84.9 Å². The largest absolute Gasteiger partial charge is 0.507 e. The van der Waals surface area contributed by atoms with E-state index < -0.39 is 23.7 Å². The molecular formula is C36H42N2O8S. The van der Waals surface area contributed by atoms with E-state index in [-0.39, 0.29) is 27.9 Å². The van der Waals surface area contributed by atoms with E-state index in [0.717, 1.165) is 49.9 Å². The molecule has 10 nitrogen and oxygen atoms in total. The number of ether oxygens (including phenoxy) is 4. The van der Waals surface area contributed by atoms with Gasteiger partial charge >= 0.3 is 11.9 Å². The number of carbonyl (C=O) groups is 3. The van der Waals surface area contributed by atoms with Gasteiger partial charge in [0.2, 0.25) is 0 Å². The van der Waals surface area contributed by atoms with Gasteiger partial charge in [0.05, 0.1) is 37.6 Å². The summed E-state index contributed by atoms with van der Waals surface area (Å²) in [5.74, 6) is -1.23. The van der Waals surface area contributed by atoms with Gasteiger partial charge in [-0.15, -0.1) is 0 Å². The summed E-state index contributed by atoms with van der Waals surface area (Å²) in [5, 5.41) is 11.7. The van der Waals surface area contributed by atoms with Gasteiger partial charge in [0.25, 0.3) is 5.78 Å². The highest BCUT2D eigenvalue weighted by atomic mass is 32.1. The van der Waals surface area contributed by atoms with Crippen molar-refractivity contribution in [1.29, 1.82) is 0 Å². The number of carbonyl (C=O) groups excluding carboxylic acids is 3. The zero-order chi connectivity index (χ0) is 33.9. The van der Waals surface area contributed by atoms with Crippen LogP contribution >= 0.6 is 11.3 Å². The summed E-state index contributed by atoms with van der Waals surface area (Å²) in [6, 6.07) is 10.7. The molecule has 0 bridgehead atoms. The number of aromatic nitrogens is 1. The first-order chi connectivity index (χ1) is 22.7. The number of amides is 1. The van der Waals surface area contributed by atoms with E-state index in [0.29, 0.717) is 47.3 Å². The molecule has 1 aliphatic heterocycles. The molecule has 2 aromatic carbocycles. The van der Waals surface area contributed by atoms with Gasteiger partial charge in [0.1, 0.15) is 23.0 Å². The van der Waals surface area contributed by atoms with Crippen molar-refractivity contribution < 1.29 is 38.4 Å². The van der Waals surface area contributed by atoms with Crippen LogP contribution in [0.4, 0.5) is 5.13 Å². The molecule has 0 saturated carbocycles. The van der Waals surface area contributed by atoms with Crippen LogP contribution in [0.3, 0.4) is 0 Å². The molecule has 0 radical (unpaired) electrons. The SMILES string of the molecule is C=CCOC(=O)c1sc(N2C(=O)C(=O)C(=C(O)c3ccc(OCCCC)cc3)[C@H]2c2ccc(OCCCCCC)c(OC)c2)nc1C. The Bertz CT molecular complexity index is 1610. The molecule has 4 rings (SSSR count). The Labute approximate surface area is 279 Å². The summed E-state index contributed by atoms with van der Waals surface area (Å²) in [6.07, 6.45) is 7.52. The number of nitrogens with zero attached hydrogens (tertiary/aromatic N) is 2. The first kappa shape index (κ1) is 35.2. The van der Waals surface area contributed by atoms with E-state index in [1.807, 2.05) is 0 Å². The molecule has 0 unspecified atom stereocenters. The van der Waals surface area contributed by atoms with Crippen molar-refractivity contribution in [3.8, 4) is 17.2 Å². The number of unbranched alkanes of at least 4 members (excludes halogenated alkanes) is 4.